The Morgan fingerprint density at radius 3 is 2.78 bits per heavy atom. The maximum atomic E-state index is 5.66. The van der Waals surface area contributed by atoms with Crippen molar-refractivity contribution in [1.82, 2.24) is 5.43 Å². The molecule has 3 nitrogen and oxygen atoms in total. The minimum Gasteiger partial charge on any atom is -0.380 e. The van der Waals surface area contributed by atoms with Crippen LogP contribution in [0.5, 0.6) is 0 Å². The lowest BCUT2D eigenvalue weighted by atomic mass is 9.97. The maximum Gasteiger partial charge on any atom is 0.0738 e. The highest BCUT2D eigenvalue weighted by atomic mass is 16.5. The van der Waals surface area contributed by atoms with Crippen molar-refractivity contribution in [3.8, 4) is 0 Å². The van der Waals surface area contributed by atoms with E-state index in [1.807, 2.05) is 0 Å². The molecule has 0 fully saturated rings. The van der Waals surface area contributed by atoms with Gasteiger partial charge in [-0.25, -0.2) is 0 Å². The molecule has 0 radical (unpaired) electrons. The number of hydrogen-bond acceptors (Lipinski definition) is 3. The zero-order chi connectivity index (χ0) is 13.0. The van der Waals surface area contributed by atoms with Crippen molar-refractivity contribution < 1.29 is 4.74 Å². The van der Waals surface area contributed by atoms with Crippen molar-refractivity contribution in [2.75, 3.05) is 7.11 Å². The van der Waals surface area contributed by atoms with E-state index in [1.165, 1.54) is 36.0 Å². The van der Waals surface area contributed by atoms with Crippen LogP contribution in [0.25, 0.3) is 0 Å². The topological polar surface area (TPSA) is 47.3 Å². The summed E-state index contributed by atoms with van der Waals surface area (Å²) in [6.45, 7) is 2.13. The predicted octanol–water partition coefficient (Wildman–Crippen LogP) is 1.97. The van der Waals surface area contributed by atoms with E-state index < -0.39 is 0 Å². The van der Waals surface area contributed by atoms with Crippen molar-refractivity contribution in [2.24, 2.45) is 5.84 Å². The van der Waals surface area contributed by atoms with Gasteiger partial charge in [-0.1, -0.05) is 25.1 Å². The van der Waals surface area contributed by atoms with Gasteiger partial charge < -0.3 is 4.74 Å². The van der Waals surface area contributed by atoms with E-state index in [1.54, 1.807) is 7.11 Å². The largest absolute Gasteiger partial charge is 0.380 e. The van der Waals surface area contributed by atoms with Gasteiger partial charge in [0.15, 0.2) is 0 Å². The number of aryl methyl sites for hydroxylation is 2. The van der Waals surface area contributed by atoms with Crippen LogP contribution in [0.3, 0.4) is 0 Å². The number of fused-ring (bicyclic) bond motifs is 1. The molecule has 0 saturated carbocycles. The number of hydrazine groups is 1. The summed E-state index contributed by atoms with van der Waals surface area (Å²) in [7, 11) is 1.75. The van der Waals surface area contributed by atoms with E-state index in [9.17, 15) is 0 Å². The fourth-order valence-electron chi connectivity index (χ4n) is 2.92. The number of hydrogen-bond donors (Lipinski definition) is 2. The molecule has 2 unspecified atom stereocenters. The third kappa shape index (κ3) is 2.91. The van der Waals surface area contributed by atoms with Gasteiger partial charge in [-0.15, -0.1) is 0 Å². The first-order valence-corrected chi connectivity index (χ1v) is 6.88. The first-order chi connectivity index (χ1) is 8.78. The molecule has 3 heteroatoms. The van der Waals surface area contributed by atoms with Crippen molar-refractivity contribution in [2.45, 2.75) is 51.2 Å². The van der Waals surface area contributed by atoms with Crippen LogP contribution in [0, 0.1) is 0 Å². The van der Waals surface area contributed by atoms with E-state index in [0.717, 1.165) is 12.8 Å². The second kappa shape index (κ2) is 6.32. The third-order valence-electron chi connectivity index (χ3n) is 3.99. The van der Waals surface area contributed by atoms with Gasteiger partial charge in [0.1, 0.15) is 0 Å². The molecule has 0 aliphatic heterocycles. The average Bonchev–Trinajstić information content (AvgIpc) is 2.86. The summed E-state index contributed by atoms with van der Waals surface area (Å²) in [5.74, 6) is 5.66. The Kier molecular flexibility index (Phi) is 4.75. The highest BCUT2D eigenvalue weighted by Crippen LogP contribution is 2.23. The third-order valence-corrected chi connectivity index (χ3v) is 3.99. The molecule has 0 bridgehead atoms. The monoisotopic (exact) mass is 248 g/mol. The molecule has 1 aliphatic rings. The van der Waals surface area contributed by atoms with E-state index in [4.69, 9.17) is 10.6 Å². The zero-order valence-corrected chi connectivity index (χ0v) is 11.4. The first kappa shape index (κ1) is 13.5. The normalized spacial score (nSPS) is 17.5. The molecular formula is C15H24N2O. The first-order valence-electron chi connectivity index (χ1n) is 6.88. The molecule has 0 spiro atoms. The molecule has 0 heterocycles. The van der Waals surface area contributed by atoms with Gasteiger partial charge in [-0.2, -0.15) is 0 Å². The number of benzene rings is 1. The van der Waals surface area contributed by atoms with Crippen molar-refractivity contribution in [1.29, 1.82) is 0 Å². The van der Waals surface area contributed by atoms with Crippen LogP contribution in [0.15, 0.2) is 18.2 Å². The summed E-state index contributed by atoms with van der Waals surface area (Å²) < 4.78 is 5.47. The minimum atomic E-state index is 0.170. The van der Waals surface area contributed by atoms with E-state index in [2.05, 4.69) is 30.5 Å². The second-order valence-electron chi connectivity index (χ2n) is 5.12. The molecule has 0 amide bonds. The lowest BCUT2D eigenvalue weighted by Gasteiger charge is -2.24. The van der Waals surface area contributed by atoms with Crippen LogP contribution in [-0.4, -0.2) is 19.3 Å². The van der Waals surface area contributed by atoms with Crippen molar-refractivity contribution in [3.63, 3.8) is 0 Å². The summed E-state index contributed by atoms with van der Waals surface area (Å²) >= 11 is 0. The standard InChI is InChI=1S/C15H24N2O/c1-3-15(18-2)14(17-16)10-11-7-8-12-5-4-6-13(12)9-11/h7-9,14-15,17H,3-6,10,16H2,1-2H3. The SMILES string of the molecule is CCC(OC)C(Cc1ccc2c(c1)CCC2)NN. The summed E-state index contributed by atoms with van der Waals surface area (Å²) in [5.41, 5.74) is 7.30. The molecule has 2 rings (SSSR count). The number of nitrogens with one attached hydrogen (secondary N) is 1. The Hall–Kier alpha value is -0.900. The Balaban J connectivity index is 2.07. The van der Waals surface area contributed by atoms with Crippen LogP contribution < -0.4 is 11.3 Å². The molecule has 1 aromatic carbocycles. The van der Waals surface area contributed by atoms with Gasteiger partial charge in [0.25, 0.3) is 0 Å². The van der Waals surface area contributed by atoms with Crippen LogP contribution in [-0.2, 0) is 24.0 Å². The fourth-order valence-corrected chi connectivity index (χ4v) is 2.92. The quantitative estimate of drug-likeness (QED) is 0.598. The Morgan fingerprint density at radius 1 is 1.33 bits per heavy atom. The lowest BCUT2D eigenvalue weighted by molar-refractivity contribution is 0.0653. The van der Waals surface area contributed by atoms with E-state index in [-0.39, 0.29) is 12.1 Å². The Bertz CT molecular complexity index is 388. The molecule has 1 aromatic rings. The van der Waals surface area contributed by atoms with E-state index in [0.29, 0.717) is 0 Å². The highest BCUT2D eigenvalue weighted by molar-refractivity contribution is 5.35. The molecule has 18 heavy (non-hydrogen) atoms. The summed E-state index contributed by atoms with van der Waals surface area (Å²) in [4.78, 5) is 0. The molecule has 2 atom stereocenters. The van der Waals surface area contributed by atoms with Gasteiger partial charge >= 0.3 is 0 Å². The second-order valence-corrected chi connectivity index (χ2v) is 5.12. The molecule has 0 aromatic heterocycles. The molecule has 100 valence electrons. The molecular weight excluding hydrogens is 224 g/mol. The fraction of sp³-hybridized carbons (Fsp3) is 0.600. The van der Waals surface area contributed by atoms with Crippen molar-refractivity contribution >= 4 is 0 Å². The molecule has 3 N–H and O–H groups in total. The van der Waals surface area contributed by atoms with Crippen molar-refractivity contribution in [3.05, 3.63) is 34.9 Å². The smallest absolute Gasteiger partial charge is 0.0738 e. The lowest BCUT2D eigenvalue weighted by Crippen LogP contribution is -2.46. The Labute approximate surface area is 110 Å². The van der Waals surface area contributed by atoms with Gasteiger partial charge in [-0.05, 0) is 48.8 Å². The number of nitrogens with two attached hydrogens (primary N) is 1. The Morgan fingerprint density at radius 2 is 2.11 bits per heavy atom. The van der Waals surface area contributed by atoms with Gasteiger partial charge in [-0.3, -0.25) is 11.3 Å². The number of ether oxygens (including phenoxy) is 1. The van der Waals surface area contributed by atoms with Gasteiger partial charge in [0, 0.05) is 7.11 Å². The summed E-state index contributed by atoms with van der Waals surface area (Å²) in [5, 5.41) is 0. The number of rotatable bonds is 6. The summed E-state index contributed by atoms with van der Waals surface area (Å²) in [6, 6.07) is 7.03. The zero-order valence-electron chi connectivity index (χ0n) is 11.4. The minimum absolute atomic E-state index is 0.170. The highest BCUT2D eigenvalue weighted by Gasteiger charge is 2.19. The maximum absolute atomic E-state index is 5.66. The number of methoxy groups -OCH3 is 1. The predicted molar refractivity (Wildman–Crippen MR) is 74.4 cm³/mol. The average molecular weight is 248 g/mol. The van der Waals surface area contributed by atoms with E-state index >= 15 is 0 Å². The molecule has 1 aliphatic carbocycles. The van der Waals surface area contributed by atoms with Crippen LogP contribution in [0.4, 0.5) is 0 Å². The van der Waals surface area contributed by atoms with Crippen LogP contribution >= 0.6 is 0 Å². The molecule has 0 saturated heterocycles. The van der Waals surface area contributed by atoms with Crippen LogP contribution in [0.2, 0.25) is 0 Å². The van der Waals surface area contributed by atoms with Crippen LogP contribution in [0.1, 0.15) is 36.5 Å². The van der Waals surface area contributed by atoms with Gasteiger partial charge in [0.2, 0.25) is 0 Å². The van der Waals surface area contributed by atoms with Gasteiger partial charge in [0.05, 0.1) is 12.1 Å². The summed E-state index contributed by atoms with van der Waals surface area (Å²) in [6.07, 6.45) is 5.83.